The van der Waals surface area contributed by atoms with Crippen molar-refractivity contribution in [3.63, 3.8) is 0 Å². The lowest BCUT2D eigenvalue weighted by Gasteiger charge is -2.31. The number of piperidine rings is 1. The lowest BCUT2D eigenvalue weighted by atomic mass is 10.1. The number of nitrogens with one attached hydrogen (secondary N) is 1. The number of likely N-dealkylation sites (tertiary alicyclic amines) is 1. The van der Waals surface area contributed by atoms with Crippen LogP contribution in [0, 0.1) is 12.3 Å². The van der Waals surface area contributed by atoms with Gasteiger partial charge in [0.15, 0.2) is 0 Å². The van der Waals surface area contributed by atoms with Crippen molar-refractivity contribution >= 4 is 17.9 Å². The van der Waals surface area contributed by atoms with Gasteiger partial charge in [-0.25, -0.2) is 4.79 Å². The Hall–Kier alpha value is -2.23. The number of amides is 3. The summed E-state index contributed by atoms with van der Waals surface area (Å²) in [5.41, 5.74) is 0. The van der Waals surface area contributed by atoms with Crippen LogP contribution in [0.15, 0.2) is 0 Å². The van der Waals surface area contributed by atoms with Gasteiger partial charge in [-0.05, 0) is 6.42 Å². The van der Waals surface area contributed by atoms with Gasteiger partial charge in [0.2, 0.25) is 5.91 Å². The molecule has 7 nitrogen and oxygen atoms in total. The highest BCUT2D eigenvalue weighted by Gasteiger charge is 2.26. The number of urea groups is 1. The number of carboxylic acids is 1. The first kappa shape index (κ1) is 14.8. The number of carbonyl (C=O) groups is 3. The zero-order chi connectivity index (χ0) is 14.4. The average molecular weight is 267 g/mol. The first-order valence-corrected chi connectivity index (χ1v) is 5.88. The summed E-state index contributed by atoms with van der Waals surface area (Å²) in [6.07, 6.45) is 6.02. The Balaban J connectivity index is 2.54. The van der Waals surface area contributed by atoms with Crippen molar-refractivity contribution in [3.05, 3.63) is 0 Å². The van der Waals surface area contributed by atoms with E-state index in [4.69, 9.17) is 11.5 Å². The largest absolute Gasteiger partial charge is 0.480 e. The van der Waals surface area contributed by atoms with Crippen LogP contribution in [0.3, 0.4) is 0 Å². The van der Waals surface area contributed by atoms with Crippen molar-refractivity contribution in [1.29, 1.82) is 0 Å². The molecule has 0 aromatic rings. The fourth-order valence-electron chi connectivity index (χ4n) is 1.87. The van der Waals surface area contributed by atoms with Crippen molar-refractivity contribution in [2.45, 2.75) is 18.9 Å². The monoisotopic (exact) mass is 267 g/mol. The number of terminal acetylenes is 1. The number of likely N-dealkylation sites (N-methyl/N-ethyl adjacent to an activating group) is 1. The lowest BCUT2D eigenvalue weighted by Crippen LogP contribution is -2.52. The predicted molar refractivity (Wildman–Crippen MR) is 67.2 cm³/mol. The van der Waals surface area contributed by atoms with Gasteiger partial charge in [0.05, 0.1) is 6.54 Å². The second-order valence-electron chi connectivity index (χ2n) is 4.41. The van der Waals surface area contributed by atoms with E-state index in [0.29, 0.717) is 19.4 Å². The van der Waals surface area contributed by atoms with E-state index in [1.165, 1.54) is 4.90 Å². The molecule has 19 heavy (non-hydrogen) atoms. The normalized spacial score (nSPS) is 18.6. The lowest BCUT2D eigenvalue weighted by molar-refractivity contribution is -0.137. The van der Waals surface area contributed by atoms with Crippen LogP contribution < -0.4 is 5.32 Å². The molecule has 1 saturated heterocycles. The number of carboxylic acid groups (broad SMARTS) is 1. The highest BCUT2D eigenvalue weighted by atomic mass is 16.4. The summed E-state index contributed by atoms with van der Waals surface area (Å²) in [7, 11) is 1.66. The molecule has 1 heterocycles. The highest BCUT2D eigenvalue weighted by molar-refractivity contribution is 5.81. The molecule has 7 heteroatoms. The fourth-order valence-corrected chi connectivity index (χ4v) is 1.87. The second-order valence-corrected chi connectivity index (χ2v) is 4.41. The minimum absolute atomic E-state index is 0.0384. The topological polar surface area (TPSA) is 90.0 Å². The maximum Gasteiger partial charge on any atom is 0.323 e. The van der Waals surface area contributed by atoms with Crippen molar-refractivity contribution in [2.75, 3.05) is 26.7 Å². The van der Waals surface area contributed by atoms with E-state index in [2.05, 4.69) is 11.2 Å². The van der Waals surface area contributed by atoms with Gasteiger partial charge in [0.1, 0.15) is 6.54 Å². The smallest absolute Gasteiger partial charge is 0.323 e. The predicted octanol–water partition coefficient (Wildman–Crippen LogP) is -0.663. The van der Waals surface area contributed by atoms with Gasteiger partial charge in [-0.1, -0.05) is 5.92 Å². The summed E-state index contributed by atoms with van der Waals surface area (Å²) in [6, 6.07) is -0.697. The maximum absolute atomic E-state index is 11.9. The quantitative estimate of drug-likeness (QED) is 0.661. The van der Waals surface area contributed by atoms with Gasteiger partial charge in [-0.15, -0.1) is 6.42 Å². The molecule has 0 aromatic heterocycles. The van der Waals surface area contributed by atoms with Crippen LogP contribution in [0.2, 0.25) is 0 Å². The Labute approximate surface area is 111 Å². The molecule has 1 aliphatic heterocycles. The summed E-state index contributed by atoms with van der Waals surface area (Å²) < 4.78 is 0. The summed E-state index contributed by atoms with van der Waals surface area (Å²) >= 11 is 0. The molecule has 1 aliphatic rings. The third kappa shape index (κ3) is 4.50. The van der Waals surface area contributed by atoms with Gasteiger partial charge < -0.3 is 20.2 Å². The van der Waals surface area contributed by atoms with E-state index in [9.17, 15) is 14.4 Å². The zero-order valence-electron chi connectivity index (χ0n) is 10.8. The van der Waals surface area contributed by atoms with Crippen molar-refractivity contribution < 1.29 is 19.5 Å². The first-order valence-electron chi connectivity index (χ1n) is 5.88. The molecule has 104 valence electrons. The van der Waals surface area contributed by atoms with Crippen LogP contribution in [-0.2, 0) is 9.59 Å². The molecule has 1 rings (SSSR count). The van der Waals surface area contributed by atoms with Crippen LogP contribution in [0.1, 0.15) is 12.8 Å². The Bertz CT molecular complexity index is 416. The molecule has 1 atom stereocenters. The number of hydrogen-bond donors (Lipinski definition) is 2. The number of hydrogen-bond acceptors (Lipinski definition) is 3. The minimum Gasteiger partial charge on any atom is -0.480 e. The first-order chi connectivity index (χ1) is 8.93. The Kier molecular flexibility index (Phi) is 5.18. The molecular weight excluding hydrogens is 250 g/mol. The molecule has 0 aromatic carbocycles. The van der Waals surface area contributed by atoms with E-state index >= 15 is 0 Å². The molecule has 2 N–H and O–H groups in total. The molecule has 0 spiro atoms. The molecule has 1 fully saturated rings. The number of nitrogens with zero attached hydrogens (tertiary/aromatic N) is 2. The highest BCUT2D eigenvalue weighted by Crippen LogP contribution is 2.09. The number of carbonyl (C=O) groups excluding carboxylic acids is 2. The van der Waals surface area contributed by atoms with Crippen LogP contribution in [0.4, 0.5) is 4.79 Å². The van der Waals surface area contributed by atoms with Crippen LogP contribution in [0.5, 0.6) is 0 Å². The maximum atomic E-state index is 11.9. The van der Waals surface area contributed by atoms with E-state index in [-0.39, 0.29) is 18.5 Å². The Morgan fingerprint density at radius 1 is 1.63 bits per heavy atom. The van der Waals surface area contributed by atoms with E-state index in [1.54, 1.807) is 7.05 Å². The van der Waals surface area contributed by atoms with E-state index in [0.717, 1.165) is 4.90 Å². The van der Waals surface area contributed by atoms with Crippen LogP contribution >= 0.6 is 0 Å². The van der Waals surface area contributed by atoms with Gasteiger partial charge in [-0.3, -0.25) is 9.59 Å². The molecule has 0 radical (unpaired) electrons. The zero-order valence-corrected chi connectivity index (χ0v) is 10.8. The average Bonchev–Trinajstić information content (AvgIpc) is 2.33. The van der Waals surface area contributed by atoms with E-state index < -0.39 is 18.5 Å². The number of rotatable bonds is 4. The molecule has 0 bridgehead atoms. The third-order valence-electron chi connectivity index (χ3n) is 2.85. The summed E-state index contributed by atoms with van der Waals surface area (Å²) in [5.74, 6) is 1.16. The number of aliphatic carboxylic acids is 1. The van der Waals surface area contributed by atoms with E-state index in [1.807, 2.05) is 0 Å². The minimum atomic E-state index is -1.12. The Morgan fingerprint density at radius 2 is 2.32 bits per heavy atom. The standard InChI is InChI=1S/C12H17N3O4/c1-3-6-15(8-11(17)18)12(19)13-9-4-5-10(16)14(2)7-9/h1,9H,4-8H2,2H3,(H,13,19)(H,17,18). The van der Waals surface area contributed by atoms with Crippen molar-refractivity contribution in [2.24, 2.45) is 0 Å². The summed E-state index contributed by atoms with van der Waals surface area (Å²) in [6.45, 7) is -0.0985. The molecule has 1 unspecified atom stereocenters. The molecule has 0 saturated carbocycles. The SMILES string of the molecule is C#CCN(CC(=O)O)C(=O)NC1CCC(=O)N(C)C1. The fraction of sp³-hybridized carbons (Fsp3) is 0.583. The molecular formula is C12H17N3O4. The van der Waals surface area contributed by atoms with Gasteiger partial charge in [0, 0.05) is 26.1 Å². The van der Waals surface area contributed by atoms with Gasteiger partial charge in [0.25, 0.3) is 0 Å². The van der Waals surface area contributed by atoms with Crippen molar-refractivity contribution in [1.82, 2.24) is 15.1 Å². The molecule has 3 amide bonds. The summed E-state index contributed by atoms with van der Waals surface area (Å²) in [5, 5.41) is 11.4. The molecule has 0 aliphatic carbocycles. The second kappa shape index (κ2) is 6.64. The van der Waals surface area contributed by atoms with Gasteiger partial charge >= 0.3 is 12.0 Å². The van der Waals surface area contributed by atoms with Gasteiger partial charge in [-0.2, -0.15) is 0 Å². The van der Waals surface area contributed by atoms with Crippen molar-refractivity contribution in [3.8, 4) is 12.3 Å². The third-order valence-corrected chi connectivity index (χ3v) is 2.85. The Morgan fingerprint density at radius 3 is 2.84 bits per heavy atom. The van der Waals surface area contributed by atoms with Crippen LogP contribution in [0.25, 0.3) is 0 Å². The summed E-state index contributed by atoms with van der Waals surface area (Å²) in [4.78, 5) is 36.4. The van der Waals surface area contributed by atoms with Crippen LogP contribution in [-0.4, -0.2) is 65.5 Å².